The van der Waals surface area contributed by atoms with E-state index in [1.54, 1.807) is 0 Å². The average Bonchev–Trinajstić information content (AvgIpc) is 2.56. The summed E-state index contributed by atoms with van der Waals surface area (Å²) < 4.78 is 37.6. The van der Waals surface area contributed by atoms with Gasteiger partial charge in [0, 0.05) is 12.6 Å². The van der Waals surface area contributed by atoms with E-state index in [1.165, 1.54) is 25.3 Å². The van der Waals surface area contributed by atoms with E-state index in [9.17, 15) is 22.8 Å². The van der Waals surface area contributed by atoms with Crippen molar-refractivity contribution in [2.45, 2.75) is 12.6 Å². The van der Waals surface area contributed by atoms with Crippen LogP contribution >= 0.6 is 0 Å². The highest BCUT2D eigenvalue weighted by Crippen LogP contribution is 2.30. The van der Waals surface area contributed by atoms with Crippen LogP contribution in [-0.2, 0) is 15.8 Å². The van der Waals surface area contributed by atoms with Gasteiger partial charge in [0.1, 0.15) is 0 Å². The number of nitrogens with zero attached hydrogens (tertiary/aromatic N) is 1. The maximum absolute atomic E-state index is 12.5. The molecule has 1 saturated heterocycles. The number of benzene rings is 1. The Morgan fingerprint density at radius 2 is 1.95 bits per heavy atom. The molecule has 6 heteroatoms. The largest absolute Gasteiger partial charge is 0.416 e. The number of amides is 2. The molecule has 0 radical (unpaired) electrons. The van der Waals surface area contributed by atoms with Crippen LogP contribution in [0, 0.1) is 0 Å². The van der Waals surface area contributed by atoms with Gasteiger partial charge >= 0.3 is 6.18 Å². The van der Waals surface area contributed by atoms with Crippen LogP contribution in [0.5, 0.6) is 0 Å². The third kappa shape index (κ3) is 2.67. The molecule has 0 bridgehead atoms. The Morgan fingerprint density at radius 1 is 1.26 bits per heavy atom. The number of rotatable bonds is 1. The molecule has 19 heavy (non-hydrogen) atoms. The Kier molecular flexibility index (Phi) is 3.18. The van der Waals surface area contributed by atoms with Crippen molar-refractivity contribution in [2.24, 2.45) is 0 Å². The standard InChI is InChI=1S/C13H10F3NO2/c1-17-11(18)7-9(12(17)19)5-8-3-2-4-10(6-8)13(14,15)16/h2-6H,7H2,1H3/b9-5+. The Labute approximate surface area is 107 Å². The fourth-order valence-corrected chi connectivity index (χ4v) is 1.80. The Bertz CT molecular complexity index is 575. The van der Waals surface area contributed by atoms with Crippen LogP contribution in [0.1, 0.15) is 17.5 Å². The van der Waals surface area contributed by atoms with Gasteiger partial charge in [-0.1, -0.05) is 12.1 Å². The summed E-state index contributed by atoms with van der Waals surface area (Å²) in [6, 6.07) is 4.62. The predicted octanol–water partition coefficient (Wildman–Crippen LogP) is 2.48. The average molecular weight is 269 g/mol. The van der Waals surface area contributed by atoms with Gasteiger partial charge in [-0.15, -0.1) is 0 Å². The number of hydrogen-bond donors (Lipinski definition) is 0. The zero-order valence-corrected chi connectivity index (χ0v) is 9.99. The number of likely N-dealkylation sites (tertiary alicyclic amines) is 1. The number of carbonyl (C=O) groups excluding carboxylic acids is 2. The minimum Gasteiger partial charge on any atom is -0.282 e. The SMILES string of the molecule is CN1C(=O)C/C(=C\c2cccc(C(F)(F)F)c2)C1=O. The number of hydrogen-bond acceptors (Lipinski definition) is 2. The molecule has 2 rings (SSSR count). The topological polar surface area (TPSA) is 37.4 Å². The zero-order chi connectivity index (χ0) is 14.2. The fraction of sp³-hybridized carbons (Fsp3) is 0.231. The summed E-state index contributed by atoms with van der Waals surface area (Å²) in [7, 11) is 1.34. The van der Waals surface area contributed by atoms with Gasteiger partial charge in [0.05, 0.1) is 12.0 Å². The molecule has 0 spiro atoms. The molecule has 3 nitrogen and oxygen atoms in total. The predicted molar refractivity (Wildman–Crippen MR) is 61.8 cm³/mol. The third-order valence-electron chi connectivity index (χ3n) is 2.85. The first kappa shape index (κ1) is 13.3. The Morgan fingerprint density at radius 3 is 2.47 bits per heavy atom. The Hall–Kier alpha value is -2.11. The second-order valence-electron chi connectivity index (χ2n) is 4.23. The summed E-state index contributed by atoms with van der Waals surface area (Å²) in [5.41, 5.74) is -0.333. The molecule has 0 atom stereocenters. The smallest absolute Gasteiger partial charge is 0.282 e. The van der Waals surface area contributed by atoms with E-state index < -0.39 is 17.6 Å². The monoisotopic (exact) mass is 269 g/mol. The molecular weight excluding hydrogens is 259 g/mol. The molecule has 1 aliphatic heterocycles. The summed E-state index contributed by atoms with van der Waals surface area (Å²) >= 11 is 0. The highest BCUT2D eigenvalue weighted by molar-refractivity contribution is 6.15. The van der Waals surface area contributed by atoms with E-state index in [1.807, 2.05) is 0 Å². The second kappa shape index (κ2) is 4.53. The van der Waals surface area contributed by atoms with E-state index in [2.05, 4.69) is 0 Å². The van der Waals surface area contributed by atoms with E-state index in [0.717, 1.165) is 17.0 Å². The molecule has 100 valence electrons. The van der Waals surface area contributed by atoms with Crippen LogP contribution in [0.25, 0.3) is 6.08 Å². The van der Waals surface area contributed by atoms with Crippen molar-refractivity contribution in [1.82, 2.24) is 4.90 Å². The first-order valence-electron chi connectivity index (χ1n) is 5.48. The van der Waals surface area contributed by atoms with Crippen LogP contribution in [0.2, 0.25) is 0 Å². The molecule has 0 aromatic heterocycles. The molecule has 0 saturated carbocycles. The number of carbonyl (C=O) groups is 2. The van der Waals surface area contributed by atoms with Gasteiger partial charge in [-0.2, -0.15) is 13.2 Å². The van der Waals surface area contributed by atoms with E-state index in [0.29, 0.717) is 0 Å². The maximum Gasteiger partial charge on any atom is 0.416 e. The van der Waals surface area contributed by atoms with Crippen LogP contribution < -0.4 is 0 Å². The quantitative estimate of drug-likeness (QED) is 0.580. The molecular formula is C13H10F3NO2. The minimum absolute atomic E-state index is 0.0778. The van der Waals surface area contributed by atoms with Crippen molar-refractivity contribution in [3.05, 3.63) is 41.0 Å². The molecule has 1 aliphatic rings. The first-order valence-corrected chi connectivity index (χ1v) is 5.48. The summed E-state index contributed by atoms with van der Waals surface area (Å²) in [5, 5.41) is 0. The van der Waals surface area contributed by atoms with Gasteiger partial charge in [0.15, 0.2) is 0 Å². The lowest BCUT2D eigenvalue weighted by Gasteiger charge is -2.07. The molecule has 1 aromatic carbocycles. The first-order chi connectivity index (χ1) is 8.79. The van der Waals surface area contributed by atoms with Crippen LogP contribution in [0.4, 0.5) is 13.2 Å². The van der Waals surface area contributed by atoms with Crippen LogP contribution in [0.15, 0.2) is 29.8 Å². The Balaban J connectivity index is 2.34. The van der Waals surface area contributed by atoms with Crippen LogP contribution in [-0.4, -0.2) is 23.8 Å². The number of halogens is 3. The number of likely N-dealkylation sites (N-methyl/N-ethyl adjacent to an activating group) is 1. The van der Waals surface area contributed by atoms with Gasteiger partial charge in [0.2, 0.25) is 5.91 Å². The summed E-state index contributed by atoms with van der Waals surface area (Å²) in [5.74, 6) is -0.828. The van der Waals surface area contributed by atoms with Gasteiger partial charge < -0.3 is 0 Å². The van der Waals surface area contributed by atoms with Crippen molar-refractivity contribution >= 4 is 17.9 Å². The van der Waals surface area contributed by atoms with Crippen molar-refractivity contribution in [2.75, 3.05) is 7.05 Å². The highest BCUT2D eigenvalue weighted by atomic mass is 19.4. The minimum atomic E-state index is -4.43. The van der Waals surface area contributed by atoms with Gasteiger partial charge in [-0.3, -0.25) is 14.5 Å². The third-order valence-corrected chi connectivity index (χ3v) is 2.85. The maximum atomic E-state index is 12.5. The summed E-state index contributed by atoms with van der Waals surface area (Å²) in [6.45, 7) is 0. The number of alkyl halides is 3. The molecule has 0 aliphatic carbocycles. The lowest BCUT2D eigenvalue weighted by molar-refractivity contribution is -0.138. The molecule has 1 heterocycles. The lowest BCUT2D eigenvalue weighted by atomic mass is 10.1. The second-order valence-corrected chi connectivity index (χ2v) is 4.23. The molecule has 2 amide bonds. The number of imide groups is 1. The molecule has 0 unspecified atom stereocenters. The van der Waals surface area contributed by atoms with Crippen molar-refractivity contribution in [3.8, 4) is 0 Å². The van der Waals surface area contributed by atoms with Crippen molar-refractivity contribution in [3.63, 3.8) is 0 Å². The van der Waals surface area contributed by atoms with Gasteiger partial charge in [-0.05, 0) is 23.8 Å². The van der Waals surface area contributed by atoms with Gasteiger partial charge in [-0.25, -0.2) is 0 Å². The van der Waals surface area contributed by atoms with Gasteiger partial charge in [0.25, 0.3) is 5.91 Å². The molecule has 0 N–H and O–H groups in total. The fourth-order valence-electron chi connectivity index (χ4n) is 1.80. The molecule has 1 aromatic rings. The van der Waals surface area contributed by atoms with Crippen molar-refractivity contribution in [1.29, 1.82) is 0 Å². The summed E-state index contributed by atoms with van der Waals surface area (Å²) in [4.78, 5) is 23.9. The normalized spacial score (nSPS) is 18.5. The van der Waals surface area contributed by atoms with E-state index >= 15 is 0 Å². The highest BCUT2D eigenvalue weighted by Gasteiger charge is 2.32. The summed E-state index contributed by atoms with van der Waals surface area (Å²) in [6.07, 6.45) is -3.19. The lowest BCUT2D eigenvalue weighted by Crippen LogP contribution is -2.23. The molecule has 1 fully saturated rings. The van der Waals surface area contributed by atoms with Crippen molar-refractivity contribution < 1.29 is 22.8 Å². The zero-order valence-electron chi connectivity index (χ0n) is 9.99. The van der Waals surface area contributed by atoms with E-state index in [4.69, 9.17) is 0 Å². The van der Waals surface area contributed by atoms with Crippen LogP contribution in [0.3, 0.4) is 0 Å². The van der Waals surface area contributed by atoms with E-state index in [-0.39, 0.29) is 23.5 Å².